The van der Waals surface area contributed by atoms with Crippen molar-refractivity contribution in [2.24, 2.45) is 4.99 Å². The Morgan fingerprint density at radius 2 is 1.91 bits per heavy atom. The minimum Gasteiger partial charge on any atom is -0.493 e. The van der Waals surface area contributed by atoms with Gasteiger partial charge in [-0.3, -0.25) is 9.89 Å². The minimum atomic E-state index is 0.544. The molecule has 0 atom stereocenters. The van der Waals surface area contributed by atoms with E-state index in [0.29, 0.717) is 17.5 Å². The molecule has 0 aliphatic heterocycles. The highest BCUT2D eigenvalue weighted by molar-refractivity contribution is 5.93. The van der Waals surface area contributed by atoms with Crippen LogP contribution >= 0.6 is 0 Å². The summed E-state index contributed by atoms with van der Waals surface area (Å²) in [7, 11) is 5.01. The molecule has 0 fully saturated rings. The number of nitrogens with zero attached hydrogens (tertiary/aromatic N) is 2. The van der Waals surface area contributed by atoms with Crippen LogP contribution in [-0.4, -0.2) is 57.8 Å². The summed E-state index contributed by atoms with van der Waals surface area (Å²) in [6.45, 7) is 9.44. The van der Waals surface area contributed by atoms with Gasteiger partial charge >= 0.3 is 0 Å². The SMILES string of the molecule is CCN(CCNC(=NC)Nc1ccc(OC)c(OC)c1)C(C)C. The molecule has 6 nitrogen and oxygen atoms in total. The number of ether oxygens (including phenoxy) is 2. The molecule has 0 radical (unpaired) electrons. The maximum absolute atomic E-state index is 5.31. The molecule has 0 bridgehead atoms. The summed E-state index contributed by atoms with van der Waals surface area (Å²) in [5.74, 6) is 2.12. The average molecular weight is 322 g/mol. The average Bonchev–Trinajstić information content (AvgIpc) is 2.56. The maximum Gasteiger partial charge on any atom is 0.195 e. The zero-order valence-electron chi connectivity index (χ0n) is 15.1. The number of benzene rings is 1. The number of anilines is 1. The topological polar surface area (TPSA) is 58.1 Å². The number of guanidine groups is 1. The number of hydrogen-bond acceptors (Lipinski definition) is 4. The van der Waals surface area contributed by atoms with Crippen molar-refractivity contribution < 1.29 is 9.47 Å². The first-order valence-corrected chi connectivity index (χ1v) is 7.99. The van der Waals surface area contributed by atoms with Crippen molar-refractivity contribution in [3.63, 3.8) is 0 Å². The van der Waals surface area contributed by atoms with E-state index in [2.05, 4.69) is 41.3 Å². The van der Waals surface area contributed by atoms with Crippen LogP contribution in [0.1, 0.15) is 20.8 Å². The van der Waals surface area contributed by atoms with Gasteiger partial charge in [0.25, 0.3) is 0 Å². The molecule has 0 aliphatic rings. The number of methoxy groups -OCH3 is 2. The summed E-state index contributed by atoms with van der Waals surface area (Å²) >= 11 is 0. The molecule has 1 aromatic carbocycles. The Kier molecular flexibility index (Phi) is 8.26. The molecule has 6 heteroatoms. The molecule has 0 unspecified atom stereocenters. The Bertz CT molecular complexity index is 503. The fraction of sp³-hybridized carbons (Fsp3) is 0.588. The van der Waals surface area contributed by atoms with Crippen molar-refractivity contribution in [1.29, 1.82) is 0 Å². The van der Waals surface area contributed by atoms with Gasteiger partial charge in [0.1, 0.15) is 0 Å². The molecule has 0 saturated carbocycles. The van der Waals surface area contributed by atoms with Gasteiger partial charge in [0.2, 0.25) is 0 Å². The molecule has 0 heterocycles. The first kappa shape index (κ1) is 19.1. The van der Waals surface area contributed by atoms with Gasteiger partial charge in [0.05, 0.1) is 14.2 Å². The quantitative estimate of drug-likeness (QED) is 0.569. The Hall–Kier alpha value is -1.95. The Morgan fingerprint density at radius 1 is 1.22 bits per heavy atom. The Morgan fingerprint density at radius 3 is 2.43 bits per heavy atom. The number of likely N-dealkylation sites (N-methyl/N-ethyl adjacent to an activating group) is 1. The van der Waals surface area contributed by atoms with Crippen LogP contribution in [0.5, 0.6) is 11.5 Å². The van der Waals surface area contributed by atoms with Gasteiger partial charge < -0.3 is 20.1 Å². The lowest BCUT2D eigenvalue weighted by molar-refractivity contribution is 0.237. The van der Waals surface area contributed by atoms with E-state index in [0.717, 1.165) is 31.3 Å². The van der Waals surface area contributed by atoms with Crippen LogP contribution in [0.4, 0.5) is 5.69 Å². The maximum atomic E-state index is 5.31. The summed E-state index contributed by atoms with van der Waals surface area (Å²) in [6.07, 6.45) is 0. The van der Waals surface area contributed by atoms with Gasteiger partial charge in [-0.2, -0.15) is 0 Å². The predicted octanol–water partition coefficient (Wildman–Crippen LogP) is 2.42. The van der Waals surface area contributed by atoms with Gasteiger partial charge in [-0.15, -0.1) is 0 Å². The normalized spacial score (nSPS) is 11.7. The molecular formula is C17H30N4O2. The van der Waals surface area contributed by atoms with Crippen molar-refractivity contribution in [2.75, 3.05) is 46.2 Å². The van der Waals surface area contributed by atoms with Crippen molar-refractivity contribution in [2.45, 2.75) is 26.8 Å². The van der Waals surface area contributed by atoms with Gasteiger partial charge in [0, 0.05) is 37.9 Å². The fourth-order valence-electron chi connectivity index (χ4n) is 2.33. The van der Waals surface area contributed by atoms with Crippen LogP contribution in [0.2, 0.25) is 0 Å². The third-order valence-electron chi connectivity index (χ3n) is 3.70. The van der Waals surface area contributed by atoms with E-state index < -0.39 is 0 Å². The van der Waals surface area contributed by atoms with Gasteiger partial charge in [0.15, 0.2) is 17.5 Å². The summed E-state index contributed by atoms with van der Waals surface area (Å²) in [4.78, 5) is 6.65. The third kappa shape index (κ3) is 5.98. The van der Waals surface area contributed by atoms with Gasteiger partial charge in [-0.25, -0.2) is 0 Å². The van der Waals surface area contributed by atoms with Crippen LogP contribution in [0, 0.1) is 0 Å². The number of hydrogen-bond donors (Lipinski definition) is 2. The highest BCUT2D eigenvalue weighted by Gasteiger charge is 2.08. The monoisotopic (exact) mass is 322 g/mol. The van der Waals surface area contributed by atoms with Crippen LogP contribution in [0.3, 0.4) is 0 Å². The molecule has 0 spiro atoms. The summed E-state index contributed by atoms with van der Waals surface area (Å²) in [6, 6.07) is 6.23. The lowest BCUT2D eigenvalue weighted by atomic mass is 10.2. The van der Waals surface area contributed by atoms with Crippen molar-refractivity contribution in [3.8, 4) is 11.5 Å². The number of rotatable bonds is 8. The molecule has 1 aromatic rings. The van der Waals surface area contributed by atoms with Gasteiger partial charge in [-0.05, 0) is 32.5 Å². The summed E-state index contributed by atoms with van der Waals surface area (Å²) in [5.41, 5.74) is 0.895. The molecule has 1 rings (SSSR count). The molecule has 23 heavy (non-hydrogen) atoms. The van der Waals surface area contributed by atoms with Gasteiger partial charge in [-0.1, -0.05) is 6.92 Å². The van der Waals surface area contributed by atoms with E-state index in [4.69, 9.17) is 9.47 Å². The standard InChI is InChI=1S/C17H30N4O2/c1-7-21(13(2)3)11-10-19-17(18-4)20-14-8-9-15(22-5)16(12-14)23-6/h8-9,12-13H,7,10-11H2,1-6H3,(H2,18,19,20). The zero-order valence-corrected chi connectivity index (χ0v) is 15.1. The van der Waals surface area contributed by atoms with Crippen LogP contribution in [-0.2, 0) is 0 Å². The van der Waals surface area contributed by atoms with E-state index in [1.54, 1.807) is 21.3 Å². The highest BCUT2D eigenvalue weighted by atomic mass is 16.5. The number of nitrogens with one attached hydrogen (secondary N) is 2. The lowest BCUT2D eigenvalue weighted by Gasteiger charge is -2.25. The summed E-state index contributed by atoms with van der Waals surface area (Å²) in [5, 5.41) is 6.59. The first-order valence-electron chi connectivity index (χ1n) is 7.99. The molecular weight excluding hydrogens is 292 g/mol. The molecule has 2 N–H and O–H groups in total. The van der Waals surface area contributed by atoms with E-state index in [-0.39, 0.29) is 0 Å². The molecule has 0 saturated heterocycles. The third-order valence-corrected chi connectivity index (χ3v) is 3.70. The zero-order chi connectivity index (χ0) is 17.2. The highest BCUT2D eigenvalue weighted by Crippen LogP contribution is 2.29. The predicted molar refractivity (Wildman–Crippen MR) is 96.9 cm³/mol. The smallest absolute Gasteiger partial charge is 0.195 e. The van der Waals surface area contributed by atoms with Crippen LogP contribution < -0.4 is 20.1 Å². The molecule has 0 aliphatic carbocycles. The second-order valence-corrected chi connectivity index (χ2v) is 5.42. The lowest BCUT2D eigenvalue weighted by Crippen LogP contribution is -2.40. The largest absolute Gasteiger partial charge is 0.493 e. The Labute approximate surface area is 139 Å². The van der Waals surface area contributed by atoms with Crippen LogP contribution in [0.25, 0.3) is 0 Å². The van der Waals surface area contributed by atoms with E-state index >= 15 is 0 Å². The van der Waals surface area contributed by atoms with Crippen molar-refractivity contribution >= 4 is 11.6 Å². The molecule has 130 valence electrons. The Balaban J connectivity index is 2.60. The number of aliphatic imine (C=N–C) groups is 1. The second kappa shape index (κ2) is 9.94. The van der Waals surface area contributed by atoms with E-state index in [1.807, 2.05) is 18.2 Å². The molecule has 0 amide bonds. The molecule has 0 aromatic heterocycles. The van der Waals surface area contributed by atoms with E-state index in [9.17, 15) is 0 Å². The second-order valence-electron chi connectivity index (χ2n) is 5.42. The first-order chi connectivity index (χ1) is 11.0. The fourth-order valence-corrected chi connectivity index (χ4v) is 2.33. The summed E-state index contributed by atoms with van der Waals surface area (Å²) < 4.78 is 10.6. The van der Waals surface area contributed by atoms with E-state index in [1.165, 1.54) is 0 Å². The van der Waals surface area contributed by atoms with Crippen molar-refractivity contribution in [1.82, 2.24) is 10.2 Å². The minimum absolute atomic E-state index is 0.544. The van der Waals surface area contributed by atoms with Crippen molar-refractivity contribution in [3.05, 3.63) is 18.2 Å². The van der Waals surface area contributed by atoms with Crippen LogP contribution in [0.15, 0.2) is 23.2 Å².